The summed E-state index contributed by atoms with van der Waals surface area (Å²) in [6.45, 7) is 3.80. The number of quaternary nitrogens is 2. The molecule has 8 N–H and O–H groups in total. The minimum absolute atomic E-state index is 0. The van der Waals surface area contributed by atoms with Crippen LogP contribution in [0.3, 0.4) is 0 Å². The summed E-state index contributed by atoms with van der Waals surface area (Å²) in [5.41, 5.74) is 0. The van der Waals surface area contributed by atoms with Crippen molar-refractivity contribution in [1.29, 1.82) is 0 Å². The Morgan fingerprint density at radius 3 is 1.35 bits per heavy atom. The Bertz CT molecular complexity index is 167. The molecule has 5 heteroatoms. The van der Waals surface area contributed by atoms with Crippen molar-refractivity contribution >= 4 is 5.97 Å². The predicted octanol–water partition coefficient (Wildman–Crippen LogP) is 3.17. The molecule has 0 radical (unpaired) electrons. The number of carboxylic acid groups (broad SMARTS) is 1. The molecule has 126 valence electrons. The normalized spacial score (nSPS) is 8.75. The summed E-state index contributed by atoms with van der Waals surface area (Å²) < 4.78 is 0. The average Bonchev–Trinajstić information content (AvgIpc) is 2.32. The average molecular weight is 294 g/mol. The minimum atomic E-state index is -0.908. The molecule has 0 aromatic carbocycles. The van der Waals surface area contributed by atoms with E-state index in [0.29, 0.717) is 0 Å². The third-order valence-corrected chi connectivity index (χ3v) is 2.73. The molecule has 0 aromatic rings. The molecule has 0 atom stereocenters. The van der Waals surface area contributed by atoms with E-state index in [0.717, 1.165) is 12.8 Å². The lowest BCUT2D eigenvalue weighted by molar-refractivity contribution is -0.361. The summed E-state index contributed by atoms with van der Waals surface area (Å²) in [5.74, 6) is -0.908. The van der Waals surface area contributed by atoms with Crippen LogP contribution in [0.4, 0.5) is 0 Å². The Kier molecular flexibility index (Phi) is 37.1. The first-order chi connectivity index (χ1) is 8.68. The van der Waals surface area contributed by atoms with Gasteiger partial charge in [0, 0.05) is 5.97 Å². The standard InChI is InChI=1S/C13H26O2.C2H5O.2H3N/c1-2-3-4-5-6-7-8-9-10-11-12-13(14)15;1-2-3;;/h2-12H2,1H3,(H,14,15);2H2,1H3;2*1H3/q;-1;;/p+1. The molecule has 0 heterocycles. The molecule has 0 fully saturated rings. The second-order valence-corrected chi connectivity index (χ2v) is 4.59. The Morgan fingerprint density at radius 1 is 0.750 bits per heavy atom. The van der Waals surface area contributed by atoms with E-state index in [9.17, 15) is 9.90 Å². The van der Waals surface area contributed by atoms with E-state index in [1.165, 1.54) is 51.4 Å². The van der Waals surface area contributed by atoms with Crippen LogP contribution in [0.1, 0.15) is 84.5 Å². The predicted molar refractivity (Wildman–Crippen MR) is 84.0 cm³/mol. The van der Waals surface area contributed by atoms with Crippen LogP contribution < -0.4 is 22.5 Å². The van der Waals surface area contributed by atoms with Gasteiger partial charge in [-0.05, 0) is 12.8 Å². The Hall–Kier alpha value is -0.650. The maximum Gasteiger partial charge on any atom is 0.0414 e. The molecule has 0 spiro atoms. The molecule has 0 aliphatic heterocycles. The van der Waals surface area contributed by atoms with Gasteiger partial charge >= 0.3 is 0 Å². The van der Waals surface area contributed by atoms with Gasteiger partial charge in [0.25, 0.3) is 0 Å². The Labute approximate surface area is 125 Å². The monoisotopic (exact) mass is 294 g/mol. The topological polar surface area (TPSA) is 136 Å². The Morgan fingerprint density at radius 2 is 1.05 bits per heavy atom. The van der Waals surface area contributed by atoms with Crippen molar-refractivity contribution in [2.75, 3.05) is 6.61 Å². The molecule has 0 unspecified atom stereocenters. The molecular formula is C15H38N2O3. The zero-order valence-electron chi connectivity index (χ0n) is 14.2. The number of aliphatic carboxylic acids is 1. The summed E-state index contributed by atoms with van der Waals surface area (Å²) in [6, 6.07) is 0. The smallest absolute Gasteiger partial charge is 0.0414 e. The molecule has 0 bridgehead atoms. The fraction of sp³-hybridized carbons (Fsp3) is 0.933. The largest absolute Gasteiger partial charge is 0.855 e. The maximum atomic E-state index is 10.1. The third kappa shape index (κ3) is 36.0. The van der Waals surface area contributed by atoms with Gasteiger partial charge in [-0.3, -0.25) is 0 Å². The second kappa shape index (κ2) is 26.8. The summed E-state index contributed by atoms with van der Waals surface area (Å²) >= 11 is 0. The summed E-state index contributed by atoms with van der Waals surface area (Å²) in [4.78, 5) is 10.1. The van der Waals surface area contributed by atoms with Crippen LogP contribution in [0.25, 0.3) is 0 Å². The first-order valence-electron chi connectivity index (χ1n) is 7.46. The summed E-state index contributed by atoms with van der Waals surface area (Å²) in [5, 5.41) is 19.1. The Balaban J connectivity index is -0.000000233. The van der Waals surface area contributed by atoms with E-state index in [4.69, 9.17) is 5.11 Å². The van der Waals surface area contributed by atoms with E-state index < -0.39 is 5.97 Å². The second-order valence-electron chi connectivity index (χ2n) is 4.59. The highest BCUT2D eigenvalue weighted by Gasteiger charge is 1.92. The highest BCUT2D eigenvalue weighted by Crippen LogP contribution is 2.10. The highest BCUT2D eigenvalue weighted by molar-refractivity contribution is 5.63. The van der Waals surface area contributed by atoms with Crippen molar-refractivity contribution in [3.8, 4) is 0 Å². The number of hydrogen-bond donors (Lipinski definition) is 2. The quantitative estimate of drug-likeness (QED) is 0.566. The van der Waals surface area contributed by atoms with Crippen molar-refractivity contribution in [2.45, 2.75) is 84.5 Å². The SMILES string of the molecule is CCCCCCCCCCCCC(=O)[O-].CC[O-].[NH4+].[NH4+]. The van der Waals surface area contributed by atoms with E-state index >= 15 is 0 Å². The van der Waals surface area contributed by atoms with Gasteiger partial charge in [-0.15, -0.1) is 6.61 Å². The van der Waals surface area contributed by atoms with Crippen LogP contribution in [0, 0.1) is 0 Å². The molecule has 20 heavy (non-hydrogen) atoms. The minimum Gasteiger partial charge on any atom is -0.855 e. The number of carbonyl (C=O) groups is 1. The van der Waals surface area contributed by atoms with Crippen LogP contribution >= 0.6 is 0 Å². The number of carboxylic acids is 1. The summed E-state index contributed by atoms with van der Waals surface area (Å²) in [6.07, 6.45) is 12.6. The molecule has 0 saturated heterocycles. The van der Waals surface area contributed by atoms with Crippen molar-refractivity contribution < 1.29 is 15.0 Å². The molecule has 0 rings (SSSR count). The maximum absolute atomic E-state index is 10.1. The molecule has 0 aliphatic carbocycles. The van der Waals surface area contributed by atoms with Gasteiger partial charge in [0.2, 0.25) is 0 Å². The van der Waals surface area contributed by atoms with Crippen LogP contribution in [-0.2, 0) is 4.79 Å². The molecule has 0 amide bonds. The van der Waals surface area contributed by atoms with Crippen LogP contribution in [-0.4, -0.2) is 12.6 Å². The van der Waals surface area contributed by atoms with Crippen LogP contribution in [0.5, 0.6) is 0 Å². The van der Waals surface area contributed by atoms with E-state index in [1.54, 1.807) is 6.92 Å². The van der Waals surface area contributed by atoms with Gasteiger partial charge in [0.05, 0.1) is 0 Å². The lowest BCUT2D eigenvalue weighted by Gasteiger charge is -2.02. The number of unbranched alkanes of at least 4 members (excludes halogenated alkanes) is 9. The third-order valence-electron chi connectivity index (χ3n) is 2.73. The van der Waals surface area contributed by atoms with Crippen molar-refractivity contribution in [1.82, 2.24) is 12.3 Å². The van der Waals surface area contributed by atoms with Gasteiger partial charge < -0.3 is 27.3 Å². The summed E-state index contributed by atoms with van der Waals surface area (Å²) in [7, 11) is 0. The lowest BCUT2D eigenvalue weighted by atomic mass is 10.1. The van der Waals surface area contributed by atoms with Gasteiger partial charge in [-0.2, -0.15) is 0 Å². The first-order valence-corrected chi connectivity index (χ1v) is 7.46. The fourth-order valence-corrected chi connectivity index (χ4v) is 1.76. The van der Waals surface area contributed by atoms with E-state index in [2.05, 4.69) is 6.92 Å². The molecular weight excluding hydrogens is 256 g/mol. The van der Waals surface area contributed by atoms with Crippen LogP contribution in [0.15, 0.2) is 0 Å². The molecule has 0 saturated carbocycles. The van der Waals surface area contributed by atoms with Gasteiger partial charge in [0.15, 0.2) is 0 Å². The molecule has 5 nitrogen and oxygen atoms in total. The number of hydrogen-bond acceptors (Lipinski definition) is 3. The van der Waals surface area contributed by atoms with Gasteiger partial charge in [-0.25, -0.2) is 0 Å². The van der Waals surface area contributed by atoms with Gasteiger partial charge in [-0.1, -0.05) is 71.6 Å². The lowest BCUT2D eigenvalue weighted by Crippen LogP contribution is -2.21. The van der Waals surface area contributed by atoms with Crippen molar-refractivity contribution in [3.63, 3.8) is 0 Å². The molecule has 0 aliphatic rings. The van der Waals surface area contributed by atoms with Crippen molar-refractivity contribution in [3.05, 3.63) is 0 Å². The van der Waals surface area contributed by atoms with E-state index in [1.807, 2.05) is 0 Å². The molecule has 0 aromatic heterocycles. The fourth-order valence-electron chi connectivity index (χ4n) is 1.76. The zero-order valence-corrected chi connectivity index (χ0v) is 14.2. The highest BCUT2D eigenvalue weighted by atomic mass is 16.4. The zero-order chi connectivity index (χ0) is 14.1. The number of carbonyl (C=O) groups excluding carboxylic acids is 1. The van der Waals surface area contributed by atoms with Crippen molar-refractivity contribution in [2.24, 2.45) is 0 Å². The first kappa shape index (κ1) is 27.7. The van der Waals surface area contributed by atoms with Gasteiger partial charge in [0.1, 0.15) is 0 Å². The van der Waals surface area contributed by atoms with E-state index in [-0.39, 0.29) is 25.3 Å². The van der Waals surface area contributed by atoms with Crippen LogP contribution in [0.2, 0.25) is 0 Å². The number of rotatable bonds is 11.